The second-order valence-corrected chi connectivity index (χ2v) is 15.3. The summed E-state index contributed by atoms with van der Waals surface area (Å²) in [5.41, 5.74) is 9.47. The Hall–Kier alpha value is -6.11. The van der Waals surface area contributed by atoms with Crippen LogP contribution in [0.2, 0.25) is 0 Å². The van der Waals surface area contributed by atoms with Crippen molar-refractivity contribution in [2.45, 2.75) is 57.7 Å². The molecular weight excluding hydrogens is 753 g/mol. The number of ether oxygens (including phenoxy) is 2. The van der Waals surface area contributed by atoms with Crippen LogP contribution in [0.4, 0.5) is 27.9 Å². The minimum Gasteiger partial charge on any atom is -0.497 e. The summed E-state index contributed by atoms with van der Waals surface area (Å²) in [5.74, 6) is -0.976. The van der Waals surface area contributed by atoms with Gasteiger partial charge in [-0.15, -0.1) is 0 Å². The minimum atomic E-state index is -4.23. The molecular formula is C39H48N10O7S. The van der Waals surface area contributed by atoms with Crippen LogP contribution in [0.1, 0.15) is 37.1 Å². The van der Waals surface area contributed by atoms with E-state index < -0.39 is 46.0 Å². The fraction of sp³-hybridized carbons (Fsp3) is 0.333. The average molecular weight is 801 g/mol. The van der Waals surface area contributed by atoms with Crippen LogP contribution < -0.4 is 36.0 Å². The van der Waals surface area contributed by atoms with Crippen molar-refractivity contribution in [2.75, 3.05) is 30.5 Å². The molecule has 0 aliphatic rings. The summed E-state index contributed by atoms with van der Waals surface area (Å²) < 4.78 is 38.0. The number of sulfonamides is 1. The molecule has 0 aliphatic heterocycles. The second kappa shape index (κ2) is 17.8. The molecule has 0 aliphatic carbocycles. The maximum Gasteiger partial charge on any atom is 0.422 e. The molecule has 3 aromatic carbocycles. The molecule has 6 N–H and O–H groups in total. The van der Waals surface area contributed by atoms with Gasteiger partial charge in [-0.05, 0) is 92.4 Å². The highest BCUT2D eigenvalue weighted by atomic mass is 32.2. The Morgan fingerprint density at radius 3 is 2.32 bits per heavy atom. The van der Waals surface area contributed by atoms with E-state index in [9.17, 15) is 22.8 Å². The van der Waals surface area contributed by atoms with Gasteiger partial charge < -0.3 is 30.7 Å². The van der Waals surface area contributed by atoms with Crippen molar-refractivity contribution in [3.8, 4) is 5.75 Å². The number of amides is 3. The van der Waals surface area contributed by atoms with Crippen LogP contribution in [-0.4, -0.2) is 78.9 Å². The lowest BCUT2D eigenvalue weighted by Crippen LogP contribution is -2.52. The first-order valence-electron chi connectivity index (χ1n) is 18.1. The lowest BCUT2D eigenvalue weighted by molar-refractivity contribution is -0.135. The van der Waals surface area contributed by atoms with E-state index in [1.165, 1.54) is 24.4 Å². The number of hydrogen-bond donors (Lipinski definition) is 4. The number of carbonyl (C=O) groups is 3. The monoisotopic (exact) mass is 800 g/mol. The van der Waals surface area contributed by atoms with E-state index in [-0.39, 0.29) is 36.0 Å². The molecule has 2 aromatic heterocycles. The molecule has 0 spiro atoms. The number of rotatable bonds is 15. The summed E-state index contributed by atoms with van der Waals surface area (Å²) in [6, 6.07) is 17.6. The molecule has 302 valence electrons. The molecule has 17 nitrogen and oxygen atoms in total. The highest BCUT2D eigenvalue weighted by Crippen LogP contribution is 2.32. The van der Waals surface area contributed by atoms with Crippen LogP contribution in [0.5, 0.6) is 5.75 Å². The van der Waals surface area contributed by atoms with E-state index in [0.717, 1.165) is 32.7 Å². The number of nitrogens with two attached hydrogens (primary N) is 2. The second-order valence-electron chi connectivity index (χ2n) is 13.8. The van der Waals surface area contributed by atoms with Gasteiger partial charge in [0.2, 0.25) is 21.9 Å². The molecule has 5 rings (SSSR count). The zero-order valence-corrected chi connectivity index (χ0v) is 33.7. The molecule has 57 heavy (non-hydrogen) atoms. The van der Waals surface area contributed by atoms with Crippen LogP contribution in [0, 0.1) is 19.8 Å². The Kier molecular flexibility index (Phi) is 13.1. The third-order valence-corrected chi connectivity index (χ3v) is 10.5. The lowest BCUT2D eigenvalue weighted by atomic mass is 10.1. The largest absolute Gasteiger partial charge is 0.497 e. The van der Waals surface area contributed by atoms with Crippen LogP contribution >= 0.6 is 0 Å². The highest BCUT2D eigenvalue weighted by Gasteiger charge is 2.34. The first-order chi connectivity index (χ1) is 27.0. The van der Waals surface area contributed by atoms with E-state index in [1.54, 1.807) is 74.8 Å². The van der Waals surface area contributed by atoms with Crippen molar-refractivity contribution in [3.05, 3.63) is 89.7 Å². The van der Waals surface area contributed by atoms with Crippen LogP contribution in [0.3, 0.4) is 0 Å². The van der Waals surface area contributed by atoms with Crippen LogP contribution in [-0.2, 0) is 37.9 Å². The molecule has 0 bridgehead atoms. The van der Waals surface area contributed by atoms with Gasteiger partial charge in [0.05, 0.1) is 23.2 Å². The fourth-order valence-electron chi connectivity index (χ4n) is 6.03. The van der Waals surface area contributed by atoms with Crippen molar-refractivity contribution in [3.63, 3.8) is 0 Å². The van der Waals surface area contributed by atoms with Gasteiger partial charge in [-0.3, -0.25) is 14.3 Å². The van der Waals surface area contributed by atoms with Crippen molar-refractivity contribution in [1.29, 1.82) is 0 Å². The molecule has 0 saturated heterocycles. The zero-order valence-electron chi connectivity index (χ0n) is 32.9. The summed E-state index contributed by atoms with van der Waals surface area (Å²) >= 11 is 0. The van der Waals surface area contributed by atoms with E-state index in [2.05, 4.69) is 25.7 Å². The van der Waals surface area contributed by atoms with Gasteiger partial charge in [-0.25, -0.2) is 28.2 Å². The molecule has 0 saturated carbocycles. The third-order valence-electron chi connectivity index (χ3n) is 9.40. The number of hydrogen-bond acceptors (Lipinski definition) is 12. The Balaban J connectivity index is 1.44. The third kappa shape index (κ3) is 9.83. The van der Waals surface area contributed by atoms with Crippen LogP contribution in [0.25, 0.3) is 10.9 Å². The summed E-state index contributed by atoms with van der Waals surface area (Å²) in [7, 11) is 0.968. The Morgan fingerprint density at radius 1 is 0.965 bits per heavy atom. The SMILES string of the molecule is COc1ccc(CNC(=O)[C@H](CCN)NC(=O)C(OC(=O)N(c2ccc(C)c(S(N)(=O)=O)c2)c2nccc(N(C)c3ccc4c(C)n(C)nc4c3)n2)C(C)C)cc1. The van der Waals surface area contributed by atoms with E-state index in [4.69, 9.17) is 20.3 Å². The predicted molar refractivity (Wildman–Crippen MR) is 216 cm³/mol. The standard InChI is InChI=1S/C39H48N10O7S/c1-23(2)35(37(51)44-31(16-18-40)36(50)43-22-26-9-13-29(55-7)14-10-26)56-39(52)49(28-11-8-24(3)33(21-28)57(41,53)54)38-42-19-17-34(45-38)47(5)27-12-15-30-25(4)48(6)46-32(30)20-27/h8-15,17,19-21,23,31,35H,16,18,22,40H2,1-7H3,(H,43,50)(H,44,51)(H2,41,53,54)/t31-,35?/m0/s1. The van der Waals surface area contributed by atoms with Crippen molar-refractivity contribution < 1.29 is 32.3 Å². The number of carbonyl (C=O) groups excluding carboxylic acids is 3. The highest BCUT2D eigenvalue weighted by molar-refractivity contribution is 7.89. The smallest absolute Gasteiger partial charge is 0.422 e. The normalized spacial score (nSPS) is 12.5. The first kappa shape index (κ1) is 42.0. The van der Waals surface area contributed by atoms with E-state index in [1.807, 2.05) is 32.2 Å². The van der Waals surface area contributed by atoms with Gasteiger partial charge in [-0.1, -0.05) is 32.0 Å². The zero-order chi connectivity index (χ0) is 41.6. The summed E-state index contributed by atoms with van der Waals surface area (Å²) in [6.45, 7) is 7.13. The minimum absolute atomic E-state index is 0.00152. The van der Waals surface area contributed by atoms with E-state index in [0.29, 0.717) is 17.1 Å². The summed E-state index contributed by atoms with van der Waals surface area (Å²) in [5, 5.41) is 16.6. The van der Waals surface area contributed by atoms with Gasteiger partial charge in [0, 0.05) is 43.6 Å². The van der Waals surface area contributed by atoms with Gasteiger partial charge in [0.1, 0.15) is 17.6 Å². The number of anilines is 4. The van der Waals surface area contributed by atoms with Gasteiger partial charge in [0.25, 0.3) is 5.91 Å². The quantitative estimate of drug-likeness (QED) is 0.118. The van der Waals surface area contributed by atoms with Crippen molar-refractivity contribution in [2.24, 2.45) is 23.8 Å². The Bertz CT molecular complexity index is 2370. The number of benzene rings is 3. The lowest BCUT2D eigenvalue weighted by Gasteiger charge is -2.28. The summed E-state index contributed by atoms with van der Waals surface area (Å²) in [6.07, 6.45) is -0.984. The number of fused-ring (bicyclic) bond motifs is 1. The average Bonchev–Trinajstić information content (AvgIpc) is 3.47. The number of aryl methyl sites for hydroxylation is 3. The predicted octanol–water partition coefficient (Wildman–Crippen LogP) is 3.85. The first-order valence-corrected chi connectivity index (χ1v) is 19.6. The molecule has 2 atom stereocenters. The fourth-order valence-corrected chi connectivity index (χ4v) is 6.83. The number of aromatic nitrogens is 4. The molecule has 3 amide bonds. The molecule has 1 unspecified atom stereocenters. The molecule has 5 aromatic rings. The maximum absolute atomic E-state index is 14.3. The number of primary sulfonamides is 1. The number of nitrogens with one attached hydrogen (secondary N) is 2. The Morgan fingerprint density at radius 2 is 1.67 bits per heavy atom. The molecule has 2 heterocycles. The van der Waals surface area contributed by atoms with Gasteiger partial charge in [-0.2, -0.15) is 10.1 Å². The maximum atomic E-state index is 14.3. The van der Waals surface area contributed by atoms with Crippen molar-refractivity contribution >= 4 is 62.0 Å². The Labute approximate surface area is 331 Å². The van der Waals surface area contributed by atoms with Crippen LogP contribution in [0.15, 0.2) is 77.8 Å². The van der Waals surface area contributed by atoms with Gasteiger partial charge >= 0.3 is 6.09 Å². The number of nitrogens with zero attached hydrogens (tertiary/aromatic N) is 6. The topological polar surface area (TPSA) is 230 Å². The molecule has 0 fully saturated rings. The molecule has 18 heteroatoms. The van der Waals surface area contributed by atoms with Gasteiger partial charge in [0.15, 0.2) is 6.10 Å². The molecule has 0 radical (unpaired) electrons. The summed E-state index contributed by atoms with van der Waals surface area (Å²) in [4.78, 5) is 52.9. The number of methoxy groups -OCH3 is 1. The van der Waals surface area contributed by atoms with E-state index >= 15 is 0 Å². The van der Waals surface area contributed by atoms with Crippen molar-refractivity contribution in [1.82, 2.24) is 30.4 Å².